The van der Waals surface area contributed by atoms with Gasteiger partial charge in [0.2, 0.25) is 11.7 Å². The van der Waals surface area contributed by atoms with Gasteiger partial charge in [0.05, 0.1) is 11.6 Å². The first kappa shape index (κ1) is 16.0. The number of hydrogen-bond acceptors (Lipinski definition) is 5. The van der Waals surface area contributed by atoms with E-state index in [9.17, 15) is 4.79 Å². The molecule has 1 fully saturated rings. The molecule has 1 aromatic heterocycles. The Kier molecular flexibility index (Phi) is 4.20. The molecule has 0 unspecified atom stereocenters. The standard InChI is InChI=1S/C20H16N4O2/c21-12-13-7-9-14(10-8-13)19(25)22-17-6-2-5-16(11-17)18-23-20(26-24-18)15-3-1-4-15/h2,5-11,15H,1,3-4H2,(H,22,25). The minimum absolute atomic E-state index is 0.241. The van der Waals surface area contributed by atoms with Crippen molar-refractivity contribution < 1.29 is 9.32 Å². The van der Waals surface area contributed by atoms with E-state index in [-0.39, 0.29) is 5.91 Å². The van der Waals surface area contributed by atoms with Gasteiger partial charge in [-0.25, -0.2) is 0 Å². The summed E-state index contributed by atoms with van der Waals surface area (Å²) in [6, 6.07) is 15.9. The molecule has 2 aromatic carbocycles. The van der Waals surface area contributed by atoms with Gasteiger partial charge in [-0.3, -0.25) is 4.79 Å². The molecule has 1 amide bonds. The summed E-state index contributed by atoms with van der Waals surface area (Å²) in [4.78, 5) is 16.8. The van der Waals surface area contributed by atoms with Crippen LogP contribution in [0.15, 0.2) is 53.1 Å². The second-order valence-electron chi connectivity index (χ2n) is 6.31. The van der Waals surface area contributed by atoms with Crippen LogP contribution < -0.4 is 5.32 Å². The number of nitrogens with zero attached hydrogens (tertiary/aromatic N) is 3. The lowest BCUT2D eigenvalue weighted by molar-refractivity contribution is 0.102. The van der Waals surface area contributed by atoms with Gasteiger partial charge in [0.25, 0.3) is 5.91 Å². The fourth-order valence-corrected chi connectivity index (χ4v) is 2.81. The smallest absolute Gasteiger partial charge is 0.255 e. The Morgan fingerprint density at radius 1 is 1.19 bits per heavy atom. The van der Waals surface area contributed by atoms with Crippen molar-refractivity contribution >= 4 is 11.6 Å². The average Bonchev–Trinajstić information content (AvgIpc) is 3.10. The van der Waals surface area contributed by atoms with E-state index in [1.807, 2.05) is 24.3 Å². The van der Waals surface area contributed by atoms with E-state index >= 15 is 0 Å². The molecule has 1 aliphatic carbocycles. The van der Waals surface area contributed by atoms with Gasteiger partial charge in [-0.15, -0.1) is 0 Å². The maximum atomic E-state index is 12.4. The van der Waals surface area contributed by atoms with Crippen molar-refractivity contribution in [2.45, 2.75) is 25.2 Å². The summed E-state index contributed by atoms with van der Waals surface area (Å²) in [5.41, 5.74) is 2.44. The highest BCUT2D eigenvalue weighted by Crippen LogP contribution is 2.36. The van der Waals surface area contributed by atoms with Crippen molar-refractivity contribution in [2.24, 2.45) is 0 Å². The van der Waals surface area contributed by atoms with Crippen LogP contribution in [0.1, 0.15) is 47.0 Å². The third-order valence-electron chi connectivity index (χ3n) is 4.55. The summed E-state index contributed by atoms with van der Waals surface area (Å²) in [5.74, 6) is 1.37. The van der Waals surface area contributed by atoms with Crippen LogP contribution in [0.4, 0.5) is 5.69 Å². The SMILES string of the molecule is N#Cc1ccc(C(=O)Nc2cccc(-c3noc(C4CCC4)n3)c2)cc1. The quantitative estimate of drug-likeness (QED) is 0.768. The van der Waals surface area contributed by atoms with Gasteiger partial charge in [0, 0.05) is 22.7 Å². The number of amides is 1. The molecule has 1 saturated carbocycles. The summed E-state index contributed by atoms with van der Waals surface area (Å²) in [7, 11) is 0. The van der Waals surface area contributed by atoms with Crippen LogP contribution in [0, 0.1) is 11.3 Å². The minimum Gasteiger partial charge on any atom is -0.339 e. The van der Waals surface area contributed by atoms with Crippen LogP contribution in [-0.4, -0.2) is 16.0 Å². The predicted molar refractivity (Wildman–Crippen MR) is 95.4 cm³/mol. The Morgan fingerprint density at radius 3 is 2.69 bits per heavy atom. The highest BCUT2D eigenvalue weighted by atomic mass is 16.5. The van der Waals surface area contributed by atoms with Gasteiger partial charge in [0.15, 0.2) is 0 Å². The molecule has 3 aromatic rings. The first-order chi connectivity index (χ1) is 12.7. The lowest BCUT2D eigenvalue weighted by Gasteiger charge is -2.20. The molecular formula is C20H16N4O2. The van der Waals surface area contributed by atoms with E-state index in [2.05, 4.69) is 15.5 Å². The number of carbonyl (C=O) groups is 1. The zero-order valence-electron chi connectivity index (χ0n) is 14.0. The van der Waals surface area contributed by atoms with Crippen LogP contribution in [0.2, 0.25) is 0 Å². The van der Waals surface area contributed by atoms with Crippen molar-refractivity contribution in [1.29, 1.82) is 5.26 Å². The van der Waals surface area contributed by atoms with Gasteiger partial charge >= 0.3 is 0 Å². The summed E-state index contributed by atoms with van der Waals surface area (Å²) in [6.45, 7) is 0. The topological polar surface area (TPSA) is 91.8 Å². The molecule has 0 saturated heterocycles. The molecule has 0 bridgehead atoms. The van der Waals surface area contributed by atoms with E-state index in [1.54, 1.807) is 30.3 Å². The summed E-state index contributed by atoms with van der Waals surface area (Å²) < 4.78 is 5.36. The van der Waals surface area contributed by atoms with E-state index in [1.165, 1.54) is 6.42 Å². The fraction of sp³-hybridized carbons (Fsp3) is 0.200. The Labute approximate surface area is 150 Å². The number of benzene rings is 2. The molecule has 4 rings (SSSR count). The average molecular weight is 344 g/mol. The molecule has 6 heteroatoms. The first-order valence-electron chi connectivity index (χ1n) is 8.48. The molecule has 0 spiro atoms. The maximum absolute atomic E-state index is 12.4. The van der Waals surface area contributed by atoms with Gasteiger partial charge < -0.3 is 9.84 Å². The van der Waals surface area contributed by atoms with Gasteiger partial charge in [0.1, 0.15) is 0 Å². The number of carbonyl (C=O) groups excluding carboxylic acids is 1. The molecule has 0 aliphatic heterocycles. The zero-order chi connectivity index (χ0) is 17.9. The Morgan fingerprint density at radius 2 is 2.00 bits per heavy atom. The third kappa shape index (κ3) is 3.20. The number of hydrogen-bond donors (Lipinski definition) is 1. The number of anilines is 1. The van der Waals surface area contributed by atoms with Crippen molar-refractivity contribution in [3.8, 4) is 17.5 Å². The monoisotopic (exact) mass is 344 g/mol. The van der Waals surface area contributed by atoms with Crippen LogP contribution in [0.25, 0.3) is 11.4 Å². The highest BCUT2D eigenvalue weighted by Gasteiger charge is 2.25. The molecule has 6 nitrogen and oxygen atoms in total. The fourth-order valence-electron chi connectivity index (χ4n) is 2.81. The van der Waals surface area contributed by atoms with Gasteiger partial charge in [-0.2, -0.15) is 10.2 Å². The molecule has 0 radical (unpaired) electrons. The number of aromatic nitrogens is 2. The van der Waals surface area contributed by atoms with Crippen LogP contribution in [-0.2, 0) is 0 Å². The van der Waals surface area contributed by atoms with E-state index in [4.69, 9.17) is 9.78 Å². The Hall–Kier alpha value is -3.46. The van der Waals surface area contributed by atoms with E-state index < -0.39 is 0 Å². The first-order valence-corrected chi connectivity index (χ1v) is 8.48. The van der Waals surface area contributed by atoms with Crippen molar-refractivity contribution in [3.05, 3.63) is 65.5 Å². The predicted octanol–water partition coefficient (Wildman–Crippen LogP) is 4.13. The molecule has 1 N–H and O–H groups in total. The van der Waals surface area contributed by atoms with Crippen molar-refractivity contribution in [1.82, 2.24) is 10.1 Å². The Bertz CT molecular complexity index is 982. The van der Waals surface area contributed by atoms with E-state index in [0.717, 1.165) is 18.4 Å². The number of nitriles is 1. The highest BCUT2D eigenvalue weighted by molar-refractivity contribution is 6.04. The molecule has 0 atom stereocenters. The number of rotatable bonds is 4. The molecule has 26 heavy (non-hydrogen) atoms. The molecular weight excluding hydrogens is 328 g/mol. The lowest BCUT2D eigenvalue weighted by atomic mass is 9.85. The normalized spacial score (nSPS) is 13.7. The van der Waals surface area contributed by atoms with Gasteiger partial charge in [-0.1, -0.05) is 23.7 Å². The summed E-state index contributed by atoms with van der Waals surface area (Å²) >= 11 is 0. The molecule has 128 valence electrons. The van der Waals surface area contributed by atoms with Crippen LogP contribution >= 0.6 is 0 Å². The largest absolute Gasteiger partial charge is 0.339 e. The second kappa shape index (κ2) is 6.81. The van der Waals surface area contributed by atoms with Crippen LogP contribution in [0.5, 0.6) is 0 Å². The number of nitrogens with one attached hydrogen (secondary N) is 1. The summed E-state index contributed by atoms with van der Waals surface area (Å²) in [6.07, 6.45) is 3.41. The van der Waals surface area contributed by atoms with Crippen molar-refractivity contribution in [2.75, 3.05) is 5.32 Å². The van der Waals surface area contributed by atoms with Gasteiger partial charge in [-0.05, 0) is 49.2 Å². The minimum atomic E-state index is -0.241. The third-order valence-corrected chi connectivity index (χ3v) is 4.55. The molecule has 1 aliphatic rings. The van der Waals surface area contributed by atoms with E-state index in [0.29, 0.717) is 34.4 Å². The lowest BCUT2D eigenvalue weighted by Crippen LogP contribution is -2.11. The zero-order valence-corrected chi connectivity index (χ0v) is 14.0. The summed E-state index contributed by atoms with van der Waals surface area (Å²) in [5, 5.41) is 15.7. The Balaban J connectivity index is 1.50. The second-order valence-corrected chi connectivity index (χ2v) is 6.31. The molecule has 1 heterocycles. The maximum Gasteiger partial charge on any atom is 0.255 e. The van der Waals surface area contributed by atoms with Crippen molar-refractivity contribution in [3.63, 3.8) is 0 Å². The van der Waals surface area contributed by atoms with Crippen LogP contribution in [0.3, 0.4) is 0 Å².